The Morgan fingerprint density at radius 2 is 1.68 bits per heavy atom. The summed E-state index contributed by atoms with van der Waals surface area (Å²) >= 11 is 0. The number of hydrogen-bond donors (Lipinski definition) is 0. The van der Waals surface area contributed by atoms with Crippen LogP contribution in [0.2, 0.25) is 0 Å². The third kappa shape index (κ3) is 4.00. The lowest BCUT2D eigenvalue weighted by Gasteiger charge is -2.11. The standard InChI is InChI=1S/C18H18N4O2S/c1-15(18-19-20-21-22(18)17-12-6-3-7-13-17)25(23,24)14-8-11-16-9-4-2-5-10-16/h2-13,15H,14H2,1H3/b11-8+. The van der Waals surface area contributed by atoms with E-state index in [1.54, 1.807) is 19.1 Å². The molecule has 0 fully saturated rings. The molecule has 3 aromatic rings. The number of nitrogens with zero attached hydrogens (tertiary/aromatic N) is 4. The molecule has 1 heterocycles. The van der Waals surface area contributed by atoms with Crippen LogP contribution in [0, 0.1) is 0 Å². The van der Waals surface area contributed by atoms with Gasteiger partial charge in [-0.3, -0.25) is 0 Å². The van der Waals surface area contributed by atoms with Crippen molar-refractivity contribution in [2.75, 3.05) is 5.75 Å². The molecule has 0 saturated heterocycles. The van der Waals surface area contributed by atoms with E-state index >= 15 is 0 Å². The van der Waals surface area contributed by atoms with Gasteiger partial charge in [0, 0.05) is 0 Å². The molecule has 0 aliphatic carbocycles. The second kappa shape index (κ2) is 7.40. The van der Waals surface area contributed by atoms with Gasteiger partial charge in [-0.2, -0.15) is 4.68 Å². The van der Waals surface area contributed by atoms with Crippen molar-refractivity contribution in [2.24, 2.45) is 0 Å². The largest absolute Gasteiger partial charge is 0.228 e. The van der Waals surface area contributed by atoms with Crippen molar-refractivity contribution in [3.8, 4) is 5.69 Å². The minimum absolute atomic E-state index is 0.0787. The van der Waals surface area contributed by atoms with Gasteiger partial charge in [-0.15, -0.1) is 5.10 Å². The van der Waals surface area contributed by atoms with E-state index < -0.39 is 15.1 Å². The van der Waals surface area contributed by atoms with Crippen LogP contribution in [0.1, 0.15) is 23.6 Å². The van der Waals surface area contributed by atoms with Gasteiger partial charge in [0.25, 0.3) is 0 Å². The quantitative estimate of drug-likeness (QED) is 0.680. The second-order valence-electron chi connectivity index (χ2n) is 5.57. The SMILES string of the molecule is CC(c1nnnn1-c1ccccc1)S(=O)(=O)C/C=C/c1ccccc1. The molecule has 25 heavy (non-hydrogen) atoms. The summed E-state index contributed by atoms with van der Waals surface area (Å²) in [5.74, 6) is 0.226. The van der Waals surface area contributed by atoms with E-state index in [1.807, 2.05) is 60.7 Å². The first-order chi connectivity index (χ1) is 12.1. The van der Waals surface area contributed by atoms with Crippen LogP contribution in [0.5, 0.6) is 0 Å². The van der Waals surface area contributed by atoms with Gasteiger partial charge in [0.15, 0.2) is 15.7 Å². The smallest absolute Gasteiger partial charge is 0.174 e. The maximum absolute atomic E-state index is 12.6. The molecule has 0 saturated carbocycles. The zero-order chi connectivity index (χ0) is 17.7. The Kier molecular flexibility index (Phi) is 5.04. The van der Waals surface area contributed by atoms with Gasteiger partial charge < -0.3 is 0 Å². The average molecular weight is 354 g/mol. The molecule has 1 unspecified atom stereocenters. The van der Waals surface area contributed by atoms with Crippen molar-refractivity contribution < 1.29 is 8.42 Å². The summed E-state index contributed by atoms with van der Waals surface area (Å²) in [4.78, 5) is 0. The molecule has 2 aromatic carbocycles. The van der Waals surface area contributed by atoms with Crippen LogP contribution < -0.4 is 0 Å². The maximum atomic E-state index is 12.6. The van der Waals surface area contributed by atoms with E-state index in [4.69, 9.17) is 0 Å². The highest BCUT2D eigenvalue weighted by atomic mass is 32.2. The molecular weight excluding hydrogens is 336 g/mol. The van der Waals surface area contributed by atoms with Crippen molar-refractivity contribution >= 4 is 15.9 Å². The lowest BCUT2D eigenvalue weighted by molar-refractivity contribution is 0.584. The van der Waals surface area contributed by atoms with E-state index in [1.165, 1.54) is 4.68 Å². The van der Waals surface area contributed by atoms with E-state index in [2.05, 4.69) is 15.5 Å². The van der Waals surface area contributed by atoms with Crippen molar-refractivity contribution in [1.82, 2.24) is 20.2 Å². The fourth-order valence-electron chi connectivity index (χ4n) is 2.39. The first-order valence-electron chi connectivity index (χ1n) is 7.85. The Bertz CT molecular complexity index is 951. The number of sulfone groups is 1. The van der Waals surface area contributed by atoms with E-state index in [0.717, 1.165) is 11.3 Å². The van der Waals surface area contributed by atoms with Gasteiger partial charge in [0.2, 0.25) is 0 Å². The molecule has 1 atom stereocenters. The molecule has 1 aromatic heterocycles. The highest BCUT2D eigenvalue weighted by Crippen LogP contribution is 2.22. The zero-order valence-electron chi connectivity index (χ0n) is 13.7. The molecule has 3 rings (SSSR count). The predicted octanol–water partition coefficient (Wildman–Crippen LogP) is 2.85. The summed E-state index contributed by atoms with van der Waals surface area (Å²) in [6.45, 7) is 1.61. The summed E-state index contributed by atoms with van der Waals surface area (Å²) in [7, 11) is -3.43. The van der Waals surface area contributed by atoms with E-state index in [9.17, 15) is 8.42 Å². The lowest BCUT2D eigenvalue weighted by atomic mass is 10.2. The fourth-order valence-corrected chi connectivity index (χ4v) is 3.51. The molecule has 0 aliphatic rings. The van der Waals surface area contributed by atoms with Crippen LogP contribution in [0.4, 0.5) is 0 Å². The number of para-hydroxylation sites is 1. The van der Waals surface area contributed by atoms with Gasteiger partial charge in [-0.1, -0.05) is 60.7 Å². The zero-order valence-corrected chi connectivity index (χ0v) is 14.5. The van der Waals surface area contributed by atoms with Crippen molar-refractivity contribution in [3.63, 3.8) is 0 Å². The third-order valence-electron chi connectivity index (χ3n) is 3.84. The number of aromatic nitrogens is 4. The minimum atomic E-state index is -3.43. The molecule has 0 spiro atoms. The molecule has 0 N–H and O–H groups in total. The summed E-state index contributed by atoms with van der Waals surface area (Å²) in [5, 5.41) is 10.7. The van der Waals surface area contributed by atoms with Crippen LogP contribution in [0.15, 0.2) is 66.7 Å². The number of rotatable bonds is 6. The van der Waals surface area contributed by atoms with E-state index in [0.29, 0.717) is 5.82 Å². The minimum Gasteiger partial charge on any atom is -0.228 e. The van der Waals surface area contributed by atoms with Crippen molar-refractivity contribution in [1.29, 1.82) is 0 Å². The third-order valence-corrected chi connectivity index (χ3v) is 5.78. The van der Waals surface area contributed by atoms with Crippen LogP contribution in [0.3, 0.4) is 0 Å². The number of hydrogen-bond acceptors (Lipinski definition) is 5. The summed E-state index contributed by atoms with van der Waals surface area (Å²) in [6, 6.07) is 18.8. The van der Waals surface area contributed by atoms with Crippen molar-refractivity contribution in [3.05, 3.63) is 78.1 Å². The predicted molar refractivity (Wildman–Crippen MR) is 96.8 cm³/mol. The second-order valence-corrected chi connectivity index (χ2v) is 7.94. The monoisotopic (exact) mass is 354 g/mol. The highest BCUT2D eigenvalue weighted by molar-refractivity contribution is 7.91. The Morgan fingerprint density at radius 3 is 2.36 bits per heavy atom. The molecule has 7 heteroatoms. The Morgan fingerprint density at radius 1 is 1.04 bits per heavy atom. The van der Waals surface area contributed by atoms with Gasteiger partial charge >= 0.3 is 0 Å². The molecule has 128 valence electrons. The maximum Gasteiger partial charge on any atom is 0.174 e. The van der Waals surface area contributed by atoms with Gasteiger partial charge in [-0.05, 0) is 35.0 Å². The Balaban J connectivity index is 1.80. The first kappa shape index (κ1) is 17.0. The summed E-state index contributed by atoms with van der Waals surface area (Å²) in [6.07, 6.45) is 3.45. The highest BCUT2D eigenvalue weighted by Gasteiger charge is 2.27. The molecule has 0 aliphatic heterocycles. The Labute approximate surface area is 146 Å². The summed E-state index contributed by atoms with van der Waals surface area (Å²) in [5.41, 5.74) is 1.68. The van der Waals surface area contributed by atoms with Gasteiger partial charge in [0.1, 0.15) is 5.25 Å². The lowest BCUT2D eigenvalue weighted by Crippen LogP contribution is -2.17. The van der Waals surface area contributed by atoms with Gasteiger partial charge in [0.05, 0.1) is 11.4 Å². The van der Waals surface area contributed by atoms with Crippen LogP contribution in [0.25, 0.3) is 11.8 Å². The molecular formula is C18H18N4O2S. The molecule has 0 amide bonds. The van der Waals surface area contributed by atoms with Crippen LogP contribution in [-0.2, 0) is 9.84 Å². The molecule has 0 radical (unpaired) electrons. The topological polar surface area (TPSA) is 77.7 Å². The summed E-state index contributed by atoms with van der Waals surface area (Å²) < 4.78 is 26.7. The number of benzene rings is 2. The number of tetrazole rings is 1. The van der Waals surface area contributed by atoms with Crippen LogP contribution in [-0.4, -0.2) is 34.4 Å². The van der Waals surface area contributed by atoms with Crippen molar-refractivity contribution in [2.45, 2.75) is 12.2 Å². The Hall–Kier alpha value is -2.80. The molecule has 0 bridgehead atoms. The van der Waals surface area contributed by atoms with Crippen LogP contribution >= 0.6 is 0 Å². The normalized spacial score (nSPS) is 13.2. The van der Waals surface area contributed by atoms with E-state index in [-0.39, 0.29) is 5.75 Å². The fraction of sp³-hybridized carbons (Fsp3) is 0.167. The molecule has 6 nitrogen and oxygen atoms in total. The first-order valence-corrected chi connectivity index (χ1v) is 9.56. The average Bonchev–Trinajstić information content (AvgIpc) is 3.12. The van der Waals surface area contributed by atoms with Gasteiger partial charge in [-0.25, -0.2) is 8.42 Å².